The molecule has 2 N–H and O–H groups in total. The fourth-order valence-corrected chi connectivity index (χ4v) is 3.67. The molecule has 0 fully saturated rings. The van der Waals surface area contributed by atoms with Crippen LogP contribution in [0.2, 0.25) is 5.02 Å². The maximum atomic E-state index is 12.4. The van der Waals surface area contributed by atoms with Crippen molar-refractivity contribution in [2.75, 3.05) is 16.9 Å². The first-order valence-electron chi connectivity index (χ1n) is 8.42. The van der Waals surface area contributed by atoms with Gasteiger partial charge < -0.3 is 10.6 Å². The summed E-state index contributed by atoms with van der Waals surface area (Å²) in [6, 6.07) is 6.49. The van der Waals surface area contributed by atoms with Crippen molar-refractivity contribution in [2.45, 2.75) is 24.2 Å². The maximum Gasteiger partial charge on any atom is 0.408 e. The van der Waals surface area contributed by atoms with Gasteiger partial charge in [-0.2, -0.15) is 23.3 Å². The van der Waals surface area contributed by atoms with Crippen LogP contribution < -0.4 is 10.6 Å². The first-order valence-corrected chi connectivity index (χ1v) is 10.7. The Hall–Kier alpha value is -2.86. The molecule has 0 spiro atoms. The van der Waals surface area contributed by atoms with Crippen LogP contribution in [-0.2, 0) is 22.9 Å². The molecule has 0 unspecified atom stereocenters. The molecule has 0 aliphatic heterocycles. The van der Waals surface area contributed by atoms with E-state index < -0.39 is 22.6 Å². The van der Waals surface area contributed by atoms with E-state index in [2.05, 4.69) is 25.7 Å². The average molecular weight is 461 g/mol. The molecule has 0 bridgehead atoms. The second kappa shape index (κ2) is 8.48. The number of alkyl halides is 3. The Morgan fingerprint density at radius 3 is 2.63 bits per heavy atom. The molecule has 8 nitrogen and oxygen atoms in total. The van der Waals surface area contributed by atoms with Crippen LogP contribution in [0, 0.1) is 0 Å². The zero-order chi connectivity index (χ0) is 21.9. The van der Waals surface area contributed by atoms with Crippen LogP contribution in [0.3, 0.4) is 0 Å². The molecule has 0 aliphatic carbocycles. The predicted octanol–water partition coefficient (Wildman–Crippen LogP) is 3.65. The van der Waals surface area contributed by atoms with Gasteiger partial charge in [0.2, 0.25) is 5.95 Å². The quantitative estimate of drug-likeness (QED) is 0.555. The number of benzene rings is 1. The summed E-state index contributed by atoms with van der Waals surface area (Å²) in [6.07, 6.45) is 0.409. The van der Waals surface area contributed by atoms with E-state index in [1.54, 1.807) is 18.2 Å². The van der Waals surface area contributed by atoms with Gasteiger partial charge in [0.1, 0.15) is 11.6 Å². The van der Waals surface area contributed by atoms with Crippen LogP contribution in [0.15, 0.2) is 47.8 Å². The second-order valence-corrected chi connectivity index (χ2v) is 8.68. The Balaban J connectivity index is 1.74. The number of nitrogens with zero attached hydrogens (tertiary/aromatic N) is 4. The number of aromatic nitrogens is 4. The number of nitrogens with one attached hydrogen (secondary N) is 2. The topological polar surface area (TPSA) is 102 Å². The van der Waals surface area contributed by atoms with E-state index >= 15 is 0 Å². The number of hydrogen-bond acceptors (Lipinski definition) is 7. The Labute approximate surface area is 175 Å². The van der Waals surface area contributed by atoms with Gasteiger partial charge in [-0.1, -0.05) is 29.8 Å². The van der Waals surface area contributed by atoms with Crippen molar-refractivity contribution in [3.05, 3.63) is 53.4 Å². The lowest BCUT2D eigenvalue weighted by molar-refractivity contribution is -0.142. The first kappa shape index (κ1) is 21.8. The van der Waals surface area contributed by atoms with Gasteiger partial charge >= 0.3 is 6.18 Å². The molecule has 0 amide bonds. The predicted molar refractivity (Wildman–Crippen MR) is 105 cm³/mol. The molecule has 0 saturated carbocycles. The van der Waals surface area contributed by atoms with Gasteiger partial charge in [0.15, 0.2) is 15.7 Å². The third-order valence-corrected chi connectivity index (χ3v) is 5.27. The highest BCUT2D eigenvalue weighted by Crippen LogP contribution is 2.24. The Kier molecular flexibility index (Phi) is 6.17. The van der Waals surface area contributed by atoms with Crippen LogP contribution in [0.1, 0.15) is 5.56 Å². The van der Waals surface area contributed by atoms with E-state index in [1.807, 2.05) is 0 Å². The van der Waals surface area contributed by atoms with Gasteiger partial charge in [0, 0.05) is 19.0 Å². The van der Waals surface area contributed by atoms with Crippen molar-refractivity contribution in [3.8, 4) is 0 Å². The number of hydrogen-bond donors (Lipinski definition) is 2. The molecule has 30 heavy (non-hydrogen) atoms. The third-order valence-electron chi connectivity index (χ3n) is 3.79. The molecule has 3 aromatic rings. The van der Waals surface area contributed by atoms with Gasteiger partial charge in [0.05, 0.1) is 23.0 Å². The van der Waals surface area contributed by atoms with E-state index in [4.69, 9.17) is 11.6 Å². The summed E-state index contributed by atoms with van der Waals surface area (Å²) in [5.41, 5.74) is 0.785. The Morgan fingerprint density at radius 1 is 1.20 bits per heavy atom. The van der Waals surface area contributed by atoms with Gasteiger partial charge in [-0.05, 0) is 11.6 Å². The molecule has 0 aliphatic rings. The van der Waals surface area contributed by atoms with E-state index in [0.717, 1.165) is 10.9 Å². The molecule has 1 aromatic carbocycles. The van der Waals surface area contributed by atoms with Gasteiger partial charge in [-0.15, -0.1) is 0 Å². The molecule has 2 heterocycles. The molecule has 13 heteroatoms. The van der Waals surface area contributed by atoms with Crippen LogP contribution in [0.5, 0.6) is 0 Å². The number of sulfone groups is 1. The summed E-state index contributed by atoms with van der Waals surface area (Å²) in [4.78, 5) is 8.34. The largest absolute Gasteiger partial charge is 0.408 e. The minimum atomic E-state index is -4.39. The molecule has 0 radical (unpaired) electrons. The molecule has 160 valence electrons. The van der Waals surface area contributed by atoms with E-state index in [9.17, 15) is 21.6 Å². The fraction of sp³-hybridized carbons (Fsp3) is 0.235. The standard InChI is InChI=1S/C17H16ClF3N6O2S/c1-30(28,29)14-5-3-2-4-11(14)6-22-15-13(18)8-23-16(26-15)25-12-7-24-27(9-12)10-17(19,20)21/h2-5,7-9H,6,10H2,1H3,(H2,22,23,25,26). The zero-order valence-electron chi connectivity index (χ0n) is 15.5. The average Bonchev–Trinajstić information content (AvgIpc) is 3.06. The molecule has 0 saturated heterocycles. The van der Waals surface area contributed by atoms with Crippen LogP contribution in [0.25, 0.3) is 0 Å². The SMILES string of the molecule is CS(=O)(=O)c1ccccc1CNc1nc(Nc2cnn(CC(F)(F)F)c2)ncc1Cl. The highest BCUT2D eigenvalue weighted by Gasteiger charge is 2.28. The third kappa shape index (κ3) is 5.83. The molecule has 3 rings (SSSR count). The van der Waals surface area contributed by atoms with Gasteiger partial charge in [-0.25, -0.2) is 13.4 Å². The fourth-order valence-electron chi connectivity index (χ4n) is 2.57. The summed E-state index contributed by atoms with van der Waals surface area (Å²) >= 11 is 6.10. The minimum absolute atomic E-state index is 0.0739. The normalized spacial score (nSPS) is 12.0. The van der Waals surface area contributed by atoms with Crippen molar-refractivity contribution < 1.29 is 21.6 Å². The lowest BCUT2D eigenvalue weighted by Gasteiger charge is -2.11. The molecule has 2 aromatic heterocycles. The molecule has 0 atom stereocenters. The van der Waals surface area contributed by atoms with E-state index in [0.29, 0.717) is 5.56 Å². The second-order valence-electron chi connectivity index (χ2n) is 6.29. The Morgan fingerprint density at radius 2 is 1.93 bits per heavy atom. The lowest BCUT2D eigenvalue weighted by Crippen LogP contribution is -2.17. The lowest BCUT2D eigenvalue weighted by atomic mass is 10.2. The Bertz CT molecular complexity index is 1150. The number of halogens is 4. The first-order chi connectivity index (χ1) is 14.0. The summed E-state index contributed by atoms with van der Waals surface area (Å²) in [7, 11) is -3.42. The van der Waals surface area contributed by atoms with Crippen molar-refractivity contribution in [3.63, 3.8) is 0 Å². The highest BCUT2D eigenvalue weighted by atomic mass is 35.5. The zero-order valence-corrected chi connectivity index (χ0v) is 17.1. The van der Waals surface area contributed by atoms with Gasteiger partial charge in [0.25, 0.3) is 0 Å². The summed E-state index contributed by atoms with van der Waals surface area (Å²) in [6.45, 7) is -1.09. The monoisotopic (exact) mass is 460 g/mol. The van der Waals surface area contributed by atoms with Crippen molar-refractivity contribution in [1.29, 1.82) is 0 Å². The highest BCUT2D eigenvalue weighted by molar-refractivity contribution is 7.90. The molecular formula is C17H16ClF3N6O2S. The van der Waals surface area contributed by atoms with Crippen molar-refractivity contribution in [1.82, 2.24) is 19.7 Å². The summed E-state index contributed by atoms with van der Waals surface area (Å²) < 4.78 is 61.9. The van der Waals surface area contributed by atoms with Crippen molar-refractivity contribution in [2.24, 2.45) is 0 Å². The smallest absolute Gasteiger partial charge is 0.365 e. The van der Waals surface area contributed by atoms with Crippen LogP contribution >= 0.6 is 11.6 Å². The maximum absolute atomic E-state index is 12.4. The molecular weight excluding hydrogens is 445 g/mol. The van der Waals surface area contributed by atoms with Crippen molar-refractivity contribution >= 4 is 38.9 Å². The minimum Gasteiger partial charge on any atom is -0.365 e. The van der Waals surface area contributed by atoms with Crippen LogP contribution in [-0.4, -0.2) is 40.6 Å². The number of anilines is 3. The van der Waals surface area contributed by atoms with Crippen LogP contribution in [0.4, 0.5) is 30.6 Å². The summed E-state index contributed by atoms with van der Waals surface area (Å²) in [5, 5.41) is 9.50. The van der Waals surface area contributed by atoms with E-state index in [-0.39, 0.29) is 33.9 Å². The summed E-state index contributed by atoms with van der Waals surface area (Å²) in [5.74, 6) is 0.296. The van der Waals surface area contributed by atoms with Gasteiger partial charge in [-0.3, -0.25) is 4.68 Å². The van der Waals surface area contributed by atoms with E-state index in [1.165, 1.54) is 24.7 Å². The number of rotatable bonds is 7.